The fraction of sp³-hybridized carbons (Fsp3) is 0.810. The Balaban J connectivity index is 1.89. The molecule has 0 spiro atoms. The summed E-state index contributed by atoms with van der Waals surface area (Å²) in [5.41, 5.74) is 2.61. The van der Waals surface area contributed by atoms with Crippen molar-refractivity contribution in [3.63, 3.8) is 0 Å². The third kappa shape index (κ3) is 28.0. The number of aromatic amines is 1. The number of hydrogen-bond acceptors (Lipinski definition) is 0. The average Bonchev–Trinajstić information content (AvgIpc) is 3.47. The molecule has 0 bridgehead atoms. The zero-order valence-corrected chi connectivity index (χ0v) is 29.6. The second kappa shape index (κ2) is 33.6. The van der Waals surface area contributed by atoms with Crippen molar-refractivity contribution < 1.29 is 0 Å². The van der Waals surface area contributed by atoms with Crippen molar-refractivity contribution in [2.45, 2.75) is 219 Å². The van der Waals surface area contributed by atoms with Gasteiger partial charge in [0.2, 0.25) is 0 Å². The van der Waals surface area contributed by atoms with Gasteiger partial charge < -0.3 is 4.98 Å². The van der Waals surface area contributed by atoms with Gasteiger partial charge in [-0.05, 0) is 43.4 Å². The van der Waals surface area contributed by atoms with Crippen LogP contribution in [0.3, 0.4) is 0 Å². The zero-order chi connectivity index (χ0) is 30.7. The molecule has 1 heterocycles. The molecule has 1 aromatic heterocycles. The number of rotatable bonds is 34. The van der Waals surface area contributed by atoms with Crippen molar-refractivity contribution in [1.82, 2.24) is 4.98 Å². The van der Waals surface area contributed by atoms with Gasteiger partial charge in [0.05, 0.1) is 0 Å². The van der Waals surface area contributed by atoms with Gasteiger partial charge in [-0.1, -0.05) is 212 Å². The van der Waals surface area contributed by atoms with Crippen LogP contribution in [0, 0.1) is 0 Å². The number of nitrogens with one attached hydrogen (secondary N) is 1. The molecule has 1 heteroatoms. The summed E-state index contributed by atoms with van der Waals surface area (Å²) in [6.45, 7) is 4.61. The lowest BCUT2D eigenvalue weighted by atomic mass is 10.0. The van der Waals surface area contributed by atoms with E-state index < -0.39 is 0 Å². The van der Waals surface area contributed by atoms with Crippen LogP contribution in [-0.4, -0.2) is 4.98 Å². The second-order valence-electron chi connectivity index (χ2n) is 13.6. The van der Waals surface area contributed by atoms with E-state index in [0.717, 1.165) is 0 Å². The van der Waals surface area contributed by atoms with Crippen molar-refractivity contribution in [3.05, 3.63) is 35.7 Å². The molecule has 1 rings (SSSR count). The first-order valence-corrected chi connectivity index (χ1v) is 19.9. The van der Waals surface area contributed by atoms with Crippen LogP contribution in [0.4, 0.5) is 0 Å². The molecule has 0 fully saturated rings. The van der Waals surface area contributed by atoms with Crippen LogP contribution in [-0.2, 0) is 0 Å². The number of allylic oxidation sites excluding steroid dienone is 2. The lowest BCUT2D eigenvalue weighted by Crippen LogP contribution is -1.83. The maximum absolute atomic E-state index is 3.43. The van der Waals surface area contributed by atoms with Crippen LogP contribution in [0.5, 0.6) is 0 Å². The Kier molecular flexibility index (Phi) is 31.1. The van der Waals surface area contributed by atoms with Crippen molar-refractivity contribution >= 4 is 12.2 Å². The summed E-state index contributed by atoms with van der Waals surface area (Å²) < 4.78 is 0. The highest BCUT2D eigenvalue weighted by atomic mass is 14.7. The highest BCUT2D eigenvalue weighted by molar-refractivity contribution is 5.62. The van der Waals surface area contributed by atoms with Crippen molar-refractivity contribution in [2.75, 3.05) is 0 Å². The third-order valence-corrected chi connectivity index (χ3v) is 9.34. The Hall–Kier alpha value is -1.24. The Bertz CT molecular complexity index is 652. The van der Waals surface area contributed by atoms with Gasteiger partial charge in [-0.3, -0.25) is 0 Å². The van der Waals surface area contributed by atoms with Crippen LogP contribution < -0.4 is 0 Å². The molecule has 250 valence electrons. The summed E-state index contributed by atoms with van der Waals surface area (Å²) in [6, 6.07) is 2.22. The van der Waals surface area contributed by atoms with E-state index in [0.29, 0.717) is 0 Å². The van der Waals surface area contributed by atoms with Crippen LogP contribution in [0.2, 0.25) is 0 Å². The van der Waals surface area contributed by atoms with Gasteiger partial charge in [-0.25, -0.2) is 0 Å². The molecular formula is C42H77N. The molecule has 0 unspecified atom stereocenters. The first-order chi connectivity index (χ1) is 21.4. The predicted molar refractivity (Wildman–Crippen MR) is 198 cm³/mol. The van der Waals surface area contributed by atoms with Gasteiger partial charge in [0, 0.05) is 11.9 Å². The number of H-pyrrole nitrogens is 1. The number of aromatic nitrogens is 1. The molecule has 0 atom stereocenters. The molecule has 0 aromatic carbocycles. The average molecular weight is 596 g/mol. The van der Waals surface area contributed by atoms with Crippen LogP contribution >= 0.6 is 0 Å². The zero-order valence-electron chi connectivity index (χ0n) is 29.6. The van der Waals surface area contributed by atoms with Crippen molar-refractivity contribution in [1.29, 1.82) is 0 Å². The quantitative estimate of drug-likeness (QED) is 0.0763. The topological polar surface area (TPSA) is 15.8 Å². The van der Waals surface area contributed by atoms with Gasteiger partial charge in [0.1, 0.15) is 0 Å². The van der Waals surface area contributed by atoms with Crippen molar-refractivity contribution in [3.8, 4) is 0 Å². The lowest BCUT2D eigenvalue weighted by molar-refractivity contribution is 0.533. The molecule has 0 aliphatic heterocycles. The SMILES string of the molecule is CCCCCCCCCCCCCCCCC/C=C/c1cc[nH]c1/C=C/CCCCCCCCCCCCCCCCC. The largest absolute Gasteiger partial charge is 0.361 e. The van der Waals surface area contributed by atoms with E-state index >= 15 is 0 Å². The number of unbranched alkanes of at least 4 members (excludes halogenated alkanes) is 30. The summed E-state index contributed by atoms with van der Waals surface area (Å²) >= 11 is 0. The standard InChI is InChI=1S/C42H77N/c1-3-5-7-9-11-13-15-17-19-21-23-25-27-29-31-33-35-37-41-39-40-43-42(41)38-36-34-32-30-28-26-24-22-20-18-16-14-12-10-8-6-4-2/h35-40,43H,3-34H2,1-2H3/b37-35+,38-36+. The first kappa shape index (κ1) is 39.8. The summed E-state index contributed by atoms with van der Waals surface area (Å²) in [7, 11) is 0. The number of hydrogen-bond donors (Lipinski definition) is 1. The molecule has 0 radical (unpaired) electrons. The molecular weight excluding hydrogens is 518 g/mol. The highest BCUT2D eigenvalue weighted by Crippen LogP contribution is 2.17. The van der Waals surface area contributed by atoms with Crippen molar-refractivity contribution in [2.24, 2.45) is 0 Å². The summed E-state index contributed by atoms with van der Waals surface area (Å²) in [6.07, 6.45) is 57.0. The van der Waals surface area contributed by atoms with E-state index in [9.17, 15) is 0 Å². The molecule has 1 N–H and O–H groups in total. The summed E-state index contributed by atoms with van der Waals surface area (Å²) in [5.74, 6) is 0. The maximum Gasteiger partial charge on any atom is 0.0450 e. The van der Waals surface area contributed by atoms with E-state index in [4.69, 9.17) is 0 Å². The predicted octanol–water partition coefficient (Wildman–Crippen LogP) is 15.6. The molecule has 1 aromatic rings. The monoisotopic (exact) mass is 596 g/mol. The highest BCUT2D eigenvalue weighted by Gasteiger charge is 1.98. The minimum Gasteiger partial charge on any atom is -0.361 e. The minimum absolute atomic E-state index is 1.21. The lowest BCUT2D eigenvalue weighted by Gasteiger charge is -2.03. The molecule has 0 aliphatic rings. The van der Waals surface area contributed by atoms with Gasteiger partial charge in [-0.2, -0.15) is 0 Å². The minimum atomic E-state index is 1.21. The van der Waals surface area contributed by atoms with Gasteiger partial charge in [0.25, 0.3) is 0 Å². The van der Waals surface area contributed by atoms with Crippen LogP contribution in [0.15, 0.2) is 24.4 Å². The van der Waals surface area contributed by atoms with Crippen LogP contribution in [0.25, 0.3) is 12.2 Å². The molecule has 0 aliphatic carbocycles. The Labute approximate surface area is 271 Å². The molecule has 0 amide bonds. The smallest absolute Gasteiger partial charge is 0.0450 e. The van der Waals surface area contributed by atoms with E-state index in [1.54, 1.807) is 0 Å². The maximum atomic E-state index is 3.43. The normalized spacial score (nSPS) is 12.0. The summed E-state index contributed by atoms with van der Waals surface area (Å²) in [5, 5.41) is 0. The first-order valence-electron chi connectivity index (χ1n) is 19.9. The van der Waals surface area contributed by atoms with E-state index in [1.807, 2.05) is 0 Å². The van der Waals surface area contributed by atoms with E-state index in [2.05, 4.69) is 55.4 Å². The molecule has 43 heavy (non-hydrogen) atoms. The molecule has 1 nitrogen and oxygen atoms in total. The second-order valence-corrected chi connectivity index (χ2v) is 13.6. The molecule has 0 saturated heterocycles. The third-order valence-electron chi connectivity index (χ3n) is 9.34. The van der Waals surface area contributed by atoms with E-state index in [1.165, 1.54) is 217 Å². The Morgan fingerprint density at radius 1 is 0.395 bits per heavy atom. The van der Waals surface area contributed by atoms with Gasteiger partial charge in [0.15, 0.2) is 0 Å². The van der Waals surface area contributed by atoms with Crippen LogP contribution in [0.1, 0.15) is 231 Å². The molecule has 0 saturated carbocycles. The van der Waals surface area contributed by atoms with Gasteiger partial charge in [-0.15, -0.1) is 0 Å². The Morgan fingerprint density at radius 2 is 0.698 bits per heavy atom. The van der Waals surface area contributed by atoms with Gasteiger partial charge >= 0.3 is 0 Å². The Morgan fingerprint density at radius 3 is 1.05 bits per heavy atom. The van der Waals surface area contributed by atoms with E-state index in [-0.39, 0.29) is 0 Å². The summed E-state index contributed by atoms with van der Waals surface area (Å²) in [4.78, 5) is 3.43. The fourth-order valence-electron chi connectivity index (χ4n) is 6.36. The fourth-order valence-corrected chi connectivity index (χ4v) is 6.36.